The van der Waals surface area contributed by atoms with Gasteiger partial charge in [0.1, 0.15) is 0 Å². The van der Waals surface area contributed by atoms with Crippen molar-refractivity contribution < 1.29 is 19.1 Å². The van der Waals surface area contributed by atoms with E-state index in [2.05, 4.69) is 6.58 Å². The first-order valence-corrected chi connectivity index (χ1v) is 8.91. The molecule has 0 spiro atoms. The van der Waals surface area contributed by atoms with Crippen molar-refractivity contribution in [2.24, 2.45) is 0 Å². The topological polar surface area (TPSA) is 66.8 Å². The maximum absolute atomic E-state index is 11.0. The van der Waals surface area contributed by atoms with E-state index in [4.69, 9.17) is 14.5 Å². The predicted molar refractivity (Wildman–Crippen MR) is 70.2 cm³/mol. The Hall–Kier alpha value is 0.550. The van der Waals surface area contributed by atoms with Gasteiger partial charge in [-0.1, -0.05) is 12.2 Å². The van der Waals surface area contributed by atoms with Gasteiger partial charge >= 0.3 is 7.60 Å². The van der Waals surface area contributed by atoms with Gasteiger partial charge in [-0.3, -0.25) is 4.57 Å². The fourth-order valence-electron chi connectivity index (χ4n) is 1.20. The number of thioether (sulfide) groups is 2. The van der Waals surface area contributed by atoms with Crippen molar-refractivity contribution in [3.8, 4) is 0 Å². The van der Waals surface area contributed by atoms with Crippen LogP contribution in [-0.4, -0.2) is 44.7 Å². The van der Waals surface area contributed by atoms with Crippen LogP contribution in [0.2, 0.25) is 0 Å². The SMILES string of the molecule is C=C1CSCC(OC(C)P(=O)(O)O)CSC1. The first-order valence-electron chi connectivity index (χ1n) is 4.92. The summed E-state index contributed by atoms with van der Waals surface area (Å²) in [6.45, 7) is 5.36. The monoisotopic (exact) mass is 284 g/mol. The van der Waals surface area contributed by atoms with Crippen LogP contribution in [0.5, 0.6) is 0 Å². The minimum Gasteiger partial charge on any atom is -0.361 e. The van der Waals surface area contributed by atoms with Gasteiger partial charge in [0.05, 0.1) is 6.10 Å². The van der Waals surface area contributed by atoms with Crippen molar-refractivity contribution >= 4 is 31.1 Å². The lowest BCUT2D eigenvalue weighted by Crippen LogP contribution is -2.26. The molecule has 0 radical (unpaired) electrons. The van der Waals surface area contributed by atoms with Gasteiger partial charge in [0.15, 0.2) is 5.85 Å². The Balaban J connectivity index is 2.42. The lowest BCUT2D eigenvalue weighted by molar-refractivity contribution is 0.0539. The molecule has 94 valence electrons. The third-order valence-corrected chi connectivity index (χ3v) is 5.59. The van der Waals surface area contributed by atoms with E-state index in [0.717, 1.165) is 23.0 Å². The van der Waals surface area contributed by atoms with Crippen LogP contribution in [0, 0.1) is 0 Å². The molecule has 16 heavy (non-hydrogen) atoms. The van der Waals surface area contributed by atoms with Crippen LogP contribution in [0.3, 0.4) is 0 Å². The second-order valence-corrected chi connectivity index (χ2v) is 7.69. The quantitative estimate of drug-likeness (QED) is 0.610. The summed E-state index contributed by atoms with van der Waals surface area (Å²) in [5, 5.41) is 0. The Bertz CT molecular complexity index is 279. The molecule has 1 rings (SSSR count). The molecule has 1 atom stereocenters. The molecule has 2 N–H and O–H groups in total. The Kier molecular flexibility index (Phi) is 5.91. The standard InChI is InChI=1S/C9H17O4PS2/c1-7-3-15-5-9(6-16-4-7)13-8(2)14(10,11)12/h8-9H,1,3-6H2,2H3,(H2,10,11,12). The van der Waals surface area contributed by atoms with Crippen LogP contribution in [0.1, 0.15) is 6.92 Å². The van der Waals surface area contributed by atoms with Gasteiger partial charge in [-0.2, -0.15) is 23.5 Å². The summed E-state index contributed by atoms with van der Waals surface area (Å²) in [4.78, 5) is 17.9. The highest BCUT2D eigenvalue weighted by molar-refractivity contribution is 8.01. The first kappa shape index (κ1) is 14.6. The predicted octanol–water partition coefficient (Wildman–Crippen LogP) is 1.93. The summed E-state index contributed by atoms with van der Waals surface area (Å²) < 4.78 is 16.3. The summed E-state index contributed by atoms with van der Waals surface area (Å²) in [6, 6.07) is 0. The number of rotatable bonds is 3. The number of hydrogen-bond donors (Lipinski definition) is 2. The zero-order chi connectivity index (χ0) is 12.2. The Morgan fingerprint density at radius 2 is 1.94 bits per heavy atom. The first-order chi connectivity index (χ1) is 7.39. The summed E-state index contributed by atoms with van der Waals surface area (Å²) in [7, 11) is -4.12. The summed E-state index contributed by atoms with van der Waals surface area (Å²) >= 11 is 3.41. The fraction of sp³-hybridized carbons (Fsp3) is 0.778. The molecule has 0 aromatic carbocycles. The van der Waals surface area contributed by atoms with Crippen LogP contribution in [0.25, 0.3) is 0 Å². The van der Waals surface area contributed by atoms with Gasteiger partial charge in [0.25, 0.3) is 0 Å². The fourth-order valence-corrected chi connectivity index (χ4v) is 3.74. The highest BCUT2D eigenvalue weighted by Crippen LogP contribution is 2.42. The lowest BCUT2D eigenvalue weighted by Gasteiger charge is -2.24. The number of ether oxygens (including phenoxy) is 1. The van der Waals surface area contributed by atoms with Crippen molar-refractivity contribution in [1.82, 2.24) is 0 Å². The van der Waals surface area contributed by atoms with Crippen LogP contribution in [0.4, 0.5) is 0 Å². The lowest BCUT2D eigenvalue weighted by atomic mass is 10.4. The molecule has 0 amide bonds. The largest absolute Gasteiger partial charge is 0.361 e. The molecule has 1 aliphatic rings. The zero-order valence-electron chi connectivity index (χ0n) is 9.16. The normalized spacial score (nSPS) is 22.6. The molecule has 1 fully saturated rings. The van der Waals surface area contributed by atoms with Crippen molar-refractivity contribution in [2.75, 3.05) is 23.0 Å². The van der Waals surface area contributed by atoms with E-state index in [-0.39, 0.29) is 6.10 Å². The highest BCUT2D eigenvalue weighted by Gasteiger charge is 2.28. The van der Waals surface area contributed by atoms with E-state index in [1.807, 2.05) is 0 Å². The third kappa shape index (κ3) is 5.25. The molecular formula is C9H17O4PS2. The molecule has 1 saturated heterocycles. The summed E-state index contributed by atoms with van der Waals surface area (Å²) in [6.07, 6.45) is -0.0919. The summed E-state index contributed by atoms with van der Waals surface area (Å²) in [5.41, 5.74) is 1.21. The average Bonchev–Trinajstić information content (AvgIpc) is 2.12. The van der Waals surface area contributed by atoms with E-state index in [1.54, 1.807) is 23.5 Å². The van der Waals surface area contributed by atoms with Crippen molar-refractivity contribution in [3.05, 3.63) is 12.2 Å². The van der Waals surface area contributed by atoms with Gasteiger partial charge in [-0.05, 0) is 6.92 Å². The van der Waals surface area contributed by atoms with Gasteiger partial charge in [-0.25, -0.2) is 0 Å². The highest BCUT2D eigenvalue weighted by atomic mass is 32.2. The van der Waals surface area contributed by atoms with Gasteiger partial charge in [0, 0.05) is 23.0 Å². The van der Waals surface area contributed by atoms with Gasteiger partial charge < -0.3 is 14.5 Å². The molecule has 7 heteroatoms. The van der Waals surface area contributed by atoms with Crippen molar-refractivity contribution in [2.45, 2.75) is 18.9 Å². The molecule has 0 aromatic rings. The van der Waals surface area contributed by atoms with E-state index >= 15 is 0 Å². The molecule has 1 aliphatic heterocycles. The minimum atomic E-state index is -4.12. The smallest absolute Gasteiger partial charge is 0.353 e. The molecule has 1 unspecified atom stereocenters. The summed E-state index contributed by atoms with van der Waals surface area (Å²) in [5.74, 6) is 2.31. The zero-order valence-corrected chi connectivity index (χ0v) is 11.7. The third-order valence-electron chi connectivity index (χ3n) is 2.08. The van der Waals surface area contributed by atoms with Crippen LogP contribution < -0.4 is 0 Å². The molecular weight excluding hydrogens is 267 g/mol. The maximum atomic E-state index is 11.0. The second-order valence-electron chi connectivity index (χ2n) is 3.73. The molecule has 0 aromatic heterocycles. The van der Waals surface area contributed by atoms with Crippen LogP contribution in [0.15, 0.2) is 12.2 Å². The van der Waals surface area contributed by atoms with Crippen LogP contribution >= 0.6 is 31.1 Å². The molecule has 0 saturated carbocycles. The Morgan fingerprint density at radius 3 is 2.38 bits per heavy atom. The molecule has 0 aliphatic carbocycles. The van der Waals surface area contributed by atoms with E-state index in [0.29, 0.717) is 0 Å². The van der Waals surface area contributed by atoms with Crippen molar-refractivity contribution in [3.63, 3.8) is 0 Å². The van der Waals surface area contributed by atoms with Crippen LogP contribution in [-0.2, 0) is 9.30 Å². The Labute approximate surface area is 104 Å². The van der Waals surface area contributed by atoms with E-state index < -0.39 is 13.4 Å². The molecule has 4 nitrogen and oxygen atoms in total. The van der Waals surface area contributed by atoms with Crippen molar-refractivity contribution in [1.29, 1.82) is 0 Å². The van der Waals surface area contributed by atoms with E-state index in [1.165, 1.54) is 12.5 Å². The molecule has 0 bridgehead atoms. The second kappa shape index (κ2) is 6.47. The average molecular weight is 284 g/mol. The van der Waals surface area contributed by atoms with E-state index in [9.17, 15) is 4.57 Å². The maximum Gasteiger partial charge on any atom is 0.353 e. The Morgan fingerprint density at radius 1 is 1.44 bits per heavy atom. The van der Waals surface area contributed by atoms with Gasteiger partial charge in [0.2, 0.25) is 0 Å². The molecule has 1 heterocycles. The van der Waals surface area contributed by atoms with Gasteiger partial charge in [-0.15, -0.1) is 0 Å². The minimum absolute atomic E-state index is 0.0919. The number of hydrogen-bond acceptors (Lipinski definition) is 4.